The summed E-state index contributed by atoms with van der Waals surface area (Å²) in [4.78, 5) is 19.0. The molecule has 1 atom stereocenters. The van der Waals surface area contributed by atoms with Crippen LogP contribution in [0, 0.1) is 0 Å². The SMILES string of the molecule is CC(C)NC(=O)N(Cc1cnc(S(=O)(=O)Cc2ccccc2)n1C1CC1)C[C@H]1CCCO1. The summed E-state index contributed by atoms with van der Waals surface area (Å²) in [7, 11) is -3.62. The molecule has 32 heavy (non-hydrogen) atoms. The molecule has 2 heterocycles. The zero-order valence-electron chi connectivity index (χ0n) is 18.7. The van der Waals surface area contributed by atoms with Crippen LogP contribution in [0.4, 0.5) is 4.79 Å². The highest BCUT2D eigenvalue weighted by atomic mass is 32.2. The van der Waals surface area contributed by atoms with Gasteiger partial charge in [-0.05, 0) is 45.1 Å². The lowest BCUT2D eigenvalue weighted by molar-refractivity contribution is 0.0784. The fraction of sp³-hybridized carbons (Fsp3) is 0.565. The van der Waals surface area contributed by atoms with Gasteiger partial charge in [-0.1, -0.05) is 30.3 Å². The second-order valence-electron chi connectivity index (χ2n) is 9.00. The van der Waals surface area contributed by atoms with Gasteiger partial charge in [-0.2, -0.15) is 0 Å². The Bertz CT molecular complexity index is 1030. The van der Waals surface area contributed by atoms with E-state index in [4.69, 9.17) is 4.74 Å². The van der Waals surface area contributed by atoms with Gasteiger partial charge in [0.15, 0.2) is 0 Å². The first-order valence-corrected chi connectivity index (χ1v) is 13.0. The first-order chi connectivity index (χ1) is 15.3. The third kappa shape index (κ3) is 5.50. The Balaban J connectivity index is 1.59. The van der Waals surface area contributed by atoms with Crippen molar-refractivity contribution in [2.45, 2.75) is 75.2 Å². The lowest BCUT2D eigenvalue weighted by atomic mass is 10.2. The summed E-state index contributed by atoms with van der Waals surface area (Å²) < 4.78 is 34.0. The first-order valence-electron chi connectivity index (χ1n) is 11.3. The van der Waals surface area contributed by atoms with Crippen LogP contribution in [0.2, 0.25) is 0 Å². The van der Waals surface area contributed by atoms with Crippen molar-refractivity contribution in [1.82, 2.24) is 19.8 Å². The van der Waals surface area contributed by atoms with Crippen LogP contribution in [0.1, 0.15) is 56.8 Å². The Kier molecular flexibility index (Phi) is 6.85. The van der Waals surface area contributed by atoms with Gasteiger partial charge in [0.05, 0.1) is 30.3 Å². The number of hydrogen-bond acceptors (Lipinski definition) is 5. The van der Waals surface area contributed by atoms with Crippen molar-refractivity contribution in [2.24, 2.45) is 0 Å². The maximum atomic E-state index is 13.2. The highest BCUT2D eigenvalue weighted by Gasteiger charge is 2.34. The van der Waals surface area contributed by atoms with Gasteiger partial charge in [0.25, 0.3) is 0 Å². The number of hydrogen-bond donors (Lipinski definition) is 1. The number of urea groups is 1. The van der Waals surface area contributed by atoms with E-state index in [9.17, 15) is 13.2 Å². The molecule has 1 aliphatic carbocycles. The summed E-state index contributed by atoms with van der Waals surface area (Å²) in [6.45, 7) is 5.32. The van der Waals surface area contributed by atoms with E-state index in [1.54, 1.807) is 11.1 Å². The van der Waals surface area contributed by atoms with E-state index in [2.05, 4.69) is 10.3 Å². The number of rotatable bonds is 9. The predicted octanol–water partition coefficient (Wildman–Crippen LogP) is 3.29. The molecule has 8 nitrogen and oxygen atoms in total. The number of sulfone groups is 1. The fourth-order valence-corrected chi connectivity index (χ4v) is 5.63. The smallest absolute Gasteiger partial charge is 0.318 e. The molecule has 0 spiro atoms. The molecule has 4 rings (SSSR count). The molecule has 0 bridgehead atoms. The van der Waals surface area contributed by atoms with Crippen molar-refractivity contribution in [3.05, 3.63) is 47.8 Å². The molecule has 174 valence electrons. The number of benzene rings is 1. The quantitative estimate of drug-likeness (QED) is 0.620. The molecule has 0 radical (unpaired) electrons. The Labute approximate surface area is 189 Å². The van der Waals surface area contributed by atoms with Crippen LogP contribution in [-0.2, 0) is 26.9 Å². The summed E-state index contributed by atoms with van der Waals surface area (Å²) in [5, 5.41) is 3.05. The molecule has 2 amide bonds. The number of carbonyl (C=O) groups is 1. The van der Waals surface area contributed by atoms with E-state index >= 15 is 0 Å². The number of imidazole rings is 1. The maximum Gasteiger partial charge on any atom is 0.318 e. The Morgan fingerprint density at radius 2 is 2.00 bits per heavy atom. The van der Waals surface area contributed by atoms with Gasteiger partial charge >= 0.3 is 6.03 Å². The van der Waals surface area contributed by atoms with E-state index < -0.39 is 9.84 Å². The minimum atomic E-state index is -3.62. The number of nitrogens with zero attached hydrogens (tertiary/aromatic N) is 3. The third-order valence-electron chi connectivity index (χ3n) is 5.73. The molecule has 2 fully saturated rings. The zero-order valence-corrected chi connectivity index (χ0v) is 19.6. The number of carbonyl (C=O) groups excluding carboxylic acids is 1. The molecule has 1 aromatic carbocycles. The van der Waals surface area contributed by atoms with E-state index in [-0.39, 0.29) is 35.1 Å². The summed E-state index contributed by atoms with van der Waals surface area (Å²) >= 11 is 0. The Morgan fingerprint density at radius 3 is 2.62 bits per heavy atom. The number of amides is 2. The van der Waals surface area contributed by atoms with E-state index in [1.807, 2.05) is 48.7 Å². The first kappa shape index (κ1) is 22.8. The minimum absolute atomic E-state index is 0.00431. The minimum Gasteiger partial charge on any atom is -0.376 e. The van der Waals surface area contributed by atoms with Gasteiger partial charge in [-0.15, -0.1) is 0 Å². The molecular weight excluding hydrogens is 428 g/mol. The van der Waals surface area contributed by atoms with Crippen molar-refractivity contribution in [1.29, 1.82) is 0 Å². The zero-order chi connectivity index (χ0) is 22.7. The molecule has 1 aliphatic heterocycles. The lowest BCUT2D eigenvalue weighted by Crippen LogP contribution is -2.45. The van der Waals surface area contributed by atoms with Crippen LogP contribution in [0.25, 0.3) is 0 Å². The van der Waals surface area contributed by atoms with Gasteiger partial charge in [0.1, 0.15) is 0 Å². The monoisotopic (exact) mass is 460 g/mol. The van der Waals surface area contributed by atoms with Gasteiger partial charge in [-0.3, -0.25) is 0 Å². The standard InChI is InChI=1S/C23H32N4O4S/c1-17(2)25-22(28)26(15-21-9-6-12-31-21)14-20-13-24-23(27(20)19-10-11-19)32(29,30)16-18-7-4-3-5-8-18/h3-5,7-8,13,17,19,21H,6,9-12,14-16H2,1-2H3,(H,25,28)/t21-/m1/s1. The maximum absolute atomic E-state index is 13.2. The number of aromatic nitrogens is 2. The summed E-state index contributed by atoms with van der Waals surface area (Å²) in [6, 6.07) is 9.10. The molecule has 1 N–H and O–H groups in total. The third-order valence-corrected chi connectivity index (χ3v) is 7.30. The summed E-state index contributed by atoms with van der Waals surface area (Å²) in [6.07, 6.45) is 5.37. The largest absolute Gasteiger partial charge is 0.376 e. The average Bonchev–Trinajstić information content (AvgIpc) is 3.27. The van der Waals surface area contributed by atoms with Crippen molar-refractivity contribution in [3.8, 4) is 0 Å². The topological polar surface area (TPSA) is 93.5 Å². The Hall–Kier alpha value is -2.39. The molecule has 1 saturated heterocycles. The van der Waals surface area contributed by atoms with E-state index in [0.717, 1.165) is 36.9 Å². The van der Waals surface area contributed by atoms with Crippen molar-refractivity contribution < 1.29 is 17.9 Å². The lowest BCUT2D eigenvalue weighted by Gasteiger charge is -2.27. The van der Waals surface area contributed by atoms with Crippen LogP contribution >= 0.6 is 0 Å². The number of nitrogens with one attached hydrogen (secondary N) is 1. The van der Waals surface area contributed by atoms with Gasteiger partial charge in [-0.25, -0.2) is 18.2 Å². The highest BCUT2D eigenvalue weighted by Crippen LogP contribution is 2.39. The second kappa shape index (κ2) is 9.62. The van der Waals surface area contributed by atoms with E-state index in [0.29, 0.717) is 19.7 Å². The van der Waals surface area contributed by atoms with Gasteiger partial charge < -0.3 is 19.5 Å². The predicted molar refractivity (Wildman–Crippen MR) is 121 cm³/mol. The summed E-state index contributed by atoms with van der Waals surface area (Å²) in [5.74, 6) is -0.0928. The molecule has 1 aromatic heterocycles. The fourth-order valence-electron chi connectivity index (χ4n) is 4.09. The molecular formula is C23H32N4O4S. The molecule has 1 saturated carbocycles. The van der Waals surface area contributed by atoms with Gasteiger partial charge in [0, 0.05) is 25.2 Å². The number of ether oxygens (including phenoxy) is 1. The van der Waals surface area contributed by atoms with E-state index in [1.165, 1.54) is 0 Å². The average molecular weight is 461 g/mol. The van der Waals surface area contributed by atoms with Crippen LogP contribution in [0.5, 0.6) is 0 Å². The van der Waals surface area contributed by atoms with Crippen LogP contribution < -0.4 is 5.32 Å². The molecule has 2 aromatic rings. The second-order valence-corrected chi connectivity index (χ2v) is 10.9. The van der Waals surface area contributed by atoms with Crippen LogP contribution in [0.3, 0.4) is 0 Å². The van der Waals surface area contributed by atoms with Crippen molar-refractivity contribution in [2.75, 3.05) is 13.2 Å². The Morgan fingerprint density at radius 1 is 1.25 bits per heavy atom. The normalized spacial score (nSPS) is 18.8. The van der Waals surface area contributed by atoms with Crippen LogP contribution in [-0.4, -0.2) is 54.2 Å². The van der Waals surface area contributed by atoms with Crippen molar-refractivity contribution >= 4 is 15.9 Å². The highest BCUT2D eigenvalue weighted by molar-refractivity contribution is 7.90. The molecule has 2 aliphatic rings. The molecule has 0 unspecified atom stereocenters. The van der Waals surface area contributed by atoms with Crippen molar-refractivity contribution in [3.63, 3.8) is 0 Å². The summed E-state index contributed by atoms with van der Waals surface area (Å²) in [5.41, 5.74) is 1.48. The van der Waals surface area contributed by atoms with Crippen LogP contribution in [0.15, 0.2) is 41.7 Å². The van der Waals surface area contributed by atoms with Gasteiger partial charge in [0.2, 0.25) is 15.0 Å². The molecule has 9 heteroatoms.